The van der Waals surface area contributed by atoms with Crippen molar-refractivity contribution in [1.82, 2.24) is 20.2 Å². The van der Waals surface area contributed by atoms with Crippen LogP contribution in [0.3, 0.4) is 0 Å². The molecule has 2 aromatic heterocycles. The summed E-state index contributed by atoms with van der Waals surface area (Å²) in [5, 5.41) is 2.93. The lowest BCUT2D eigenvalue weighted by Crippen LogP contribution is -2.28. The third-order valence-electron chi connectivity index (χ3n) is 5.32. The first-order chi connectivity index (χ1) is 15.8. The minimum atomic E-state index is -0.0191. The van der Waals surface area contributed by atoms with Gasteiger partial charge in [-0.25, -0.2) is 0 Å². The van der Waals surface area contributed by atoms with Crippen molar-refractivity contribution in [2.45, 2.75) is 24.3 Å². The molecule has 0 atom stereocenters. The second-order valence-corrected chi connectivity index (χ2v) is 8.84. The highest BCUT2D eigenvalue weighted by atomic mass is 32.2. The number of fused-ring (bicyclic) bond motifs is 1. The van der Waals surface area contributed by atoms with Gasteiger partial charge in [-0.15, -0.1) is 11.8 Å². The van der Waals surface area contributed by atoms with Gasteiger partial charge in [0.05, 0.1) is 12.2 Å². The quantitative estimate of drug-likeness (QED) is 0.476. The topological polar surface area (TPSA) is 67.3 Å². The van der Waals surface area contributed by atoms with E-state index in [0.29, 0.717) is 18.7 Å². The number of carbonyl (C=O) groups excluding carboxylic acids is 1. The summed E-state index contributed by atoms with van der Waals surface area (Å²) in [7, 11) is 0. The van der Waals surface area contributed by atoms with Crippen molar-refractivity contribution in [3.63, 3.8) is 0 Å². The molecule has 3 aromatic rings. The number of carbonyl (C=O) groups is 1. The van der Waals surface area contributed by atoms with Gasteiger partial charge in [-0.1, -0.05) is 6.07 Å². The molecule has 0 bridgehead atoms. The molecule has 166 valence electrons. The van der Waals surface area contributed by atoms with Gasteiger partial charge in [0.2, 0.25) is 0 Å². The van der Waals surface area contributed by atoms with E-state index in [1.807, 2.05) is 42.9 Å². The van der Waals surface area contributed by atoms with E-state index >= 15 is 0 Å². The van der Waals surface area contributed by atoms with E-state index < -0.39 is 0 Å². The van der Waals surface area contributed by atoms with Crippen LogP contribution in [0.1, 0.15) is 27.9 Å². The Bertz CT molecular complexity index is 1000. The van der Waals surface area contributed by atoms with Crippen molar-refractivity contribution < 1.29 is 9.53 Å². The van der Waals surface area contributed by atoms with Crippen LogP contribution in [0, 0.1) is 0 Å². The number of amides is 1. The van der Waals surface area contributed by atoms with Gasteiger partial charge >= 0.3 is 0 Å². The van der Waals surface area contributed by atoms with Crippen LogP contribution in [0.25, 0.3) is 0 Å². The molecule has 3 heterocycles. The largest absolute Gasteiger partial charge is 0.494 e. The highest BCUT2D eigenvalue weighted by molar-refractivity contribution is 7.99. The molecule has 1 aliphatic heterocycles. The summed E-state index contributed by atoms with van der Waals surface area (Å²) in [6, 6.07) is 14.0. The van der Waals surface area contributed by atoms with Gasteiger partial charge in [0, 0.05) is 61.6 Å². The summed E-state index contributed by atoms with van der Waals surface area (Å²) < 4.78 is 5.99. The summed E-state index contributed by atoms with van der Waals surface area (Å²) >= 11 is 1.70. The molecule has 0 fully saturated rings. The number of nitrogens with one attached hydrogen (secondary N) is 1. The Morgan fingerprint density at radius 2 is 1.94 bits per heavy atom. The zero-order valence-electron chi connectivity index (χ0n) is 18.1. The smallest absolute Gasteiger partial charge is 0.252 e. The Morgan fingerprint density at radius 3 is 2.78 bits per heavy atom. The lowest BCUT2D eigenvalue weighted by Gasteiger charge is -2.22. The van der Waals surface area contributed by atoms with E-state index in [-0.39, 0.29) is 5.91 Å². The molecule has 32 heavy (non-hydrogen) atoms. The van der Waals surface area contributed by atoms with Crippen LogP contribution in [-0.4, -0.2) is 52.8 Å². The lowest BCUT2D eigenvalue weighted by molar-refractivity contribution is 0.0954. The second-order valence-electron chi connectivity index (χ2n) is 7.71. The first-order valence-corrected chi connectivity index (χ1v) is 11.9. The van der Waals surface area contributed by atoms with Crippen molar-refractivity contribution in [3.8, 4) is 5.75 Å². The maximum Gasteiger partial charge on any atom is 0.252 e. The number of aromatic nitrogens is 2. The van der Waals surface area contributed by atoms with E-state index in [1.165, 1.54) is 11.1 Å². The zero-order chi connectivity index (χ0) is 22.0. The van der Waals surface area contributed by atoms with Crippen LogP contribution in [0.15, 0.2) is 72.1 Å². The number of hydrogen-bond donors (Lipinski definition) is 1. The lowest BCUT2D eigenvalue weighted by atomic mass is 10.2. The molecule has 0 aliphatic carbocycles. The Labute approximate surface area is 193 Å². The Balaban J connectivity index is 1.31. The van der Waals surface area contributed by atoms with Crippen LogP contribution >= 0.6 is 11.8 Å². The van der Waals surface area contributed by atoms with Crippen molar-refractivity contribution in [2.24, 2.45) is 0 Å². The van der Waals surface area contributed by atoms with Crippen LogP contribution in [-0.2, 0) is 13.0 Å². The average Bonchev–Trinajstić information content (AvgIpc) is 3.02. The first-order valence-electron chi connectivity index (χ1n) is 11.0. The predicted octanol–water partition coefficient (Wildman–Crippen LogP) is 3.83. The highest BCUT2D eigenvalue weighted by Gasteiger charge is 2.16. The van der Waals surface area contributed by atoms with Crippen molar-refractivity contribution in [3.05, 3.63) is 83.9 Å². The summed E-state index contributed by atoms with van der Waals surface area (Å²) in [4.78, 5) is 24.0. The first kappa shape index (κ1) is 22.3. The molecule has 0 unspecified atom stereocenters. The minimum Gasteiger partial charge on any atom is -0.494 e. The SMILES string of the molecule is O=C1NCCSc2ccc(OCCCN(CCc3cccnc3)Cc3ccncc3)cc21. The number of rotatable bonds is 10. The van der Waals surface area contributed by atoms with Gasteiger partial charge in [0.1, 0.15) is 5.75 Å². The third-order valence-corrected chi connectivity index (χ3v) is 6.40. The highest BCUT2D eigenvalue weighted by Crippen LogP contribution is 2.28. The maximum absolute atomic E-state index is 12.2. The molecular formula is C25H28N4O2S. The van der Waals surface area contributed by atoms with Crippen LogP contribution in [0.4, 0.5) is 0 Å². The molecule has 4 rings (SSSR count). The van der Waals surface area contributed by atoms with Gasteiger partial charge in [-0.05, 0) is 60.4 Å². The van der Waals surface area contributed by atoms with Gasteiger partial charge in [-0.2, -0.15) is 0 Å². The number of thioether (sulfide) groups is 1. The normalized spacial score (nSPS) is 13.3. The zero-order valence-corrected chi connectivity index (χ0v) is 18.9. The van der Waals surface area contributed by atoms with Gasteiger partial charge < -0.3 is 10.1 Å². The van der Waals surface area contributed by atoms with Gasteiger partial charge in [0.25, 0.3) is 5.91 Å². The van der Waals surface area contributed by atoms with Gasteiger partial charge in [0.15, 0.2) is 0 Å². The maximum atomic E-state index is 12.2. The fourth-order valence-corrected chi connectivity index (χ4v) is 4.55. The van der Waals surface area contributed by atoms with Crippen LogP contribution in [0.5, 0.6) is 5.75 Å². The number of nitrogens with zero attached hydrogens (tertiary/aromatic N) is 3. The number of ether oxygens (including phenoxy) is 1. The average molecular weight is 449 g/mol. The summed E-state index contributed by atoms with van der Waals surface area (Å²) in [5.41, 5.74) is 3.20. The van der Waals surface area contributed by atoms with Crippen LogP contribution < -0.4 is 10.1 Å². The number of benzene rings is 1. The number of pyridine rings is 2. The molecule has 1 amide bonds. The monoisotopic (exact) mass is 448 g/mol. The summed E-state index contributed by atoms with van der Waals surface area (Å²) in [5.74, 6) is 1.62. The molecule has 1 aromatic carbocycles. The molecule has 0 spiro atoms. The van der Waals surface area contributed by atoms with Gasteiger partial charge in [-0.3, -0.25) is 19.7 Å². The second kappa shape index (κ2) is 11.6. The van der Waals surface area contributed by atoms with Crippen molar-refractivity contribution in [1.29, 1.82) is 0 Å². The van der Waals surface area contributed by atoms with E-state index in [0.717, 1.165) is 48.9 Å². The molecule has 0 radical (unpaired) electrons. The van der Waals surface area contributed by atoms with E-state index in [1.54, 1.807) is 18.0 Å². The van der Waals surface area contributed by atoms with E-state index in [4.69, 9.17) is 4.74 Å². The fraction of sp³-hybridized carbons (Fsp3) is 0.320. The Hall–Kier alpha value is -2.90. The van der Waals surface area contributed by atoms with Crippen molar-refractivity contribution >= 4 is 17.7 Å². The molecule has 7 heteroatoms. The Morgan fingerprint density at radius 1 is 1.03 bits per heavy atom. The standard InChI is InChI=1S/C25H28N4O2S/c30-25-23-17-22(4-5-24(23)32-16-12-28-25)31-15-2-13-29(19-21-6-10-26-11-7-21)14-8-20-3-1-9-27-18-20/h1,3-7,9-11,17-18H,2,8,12-16,19H2,(H,28,30). The third kappa shape index (κ3) is 6.55. The number of hydrogen-bond acceptors (Lipinski definition) is 6. The predicted molar refractivity (Wildman–Crippen MR) is 127 cm³/mol. The Kier molecular flexibility index (Phi) is 8.11. The summed E-state index contributed by atoms with van der Waals surface area (Å²) in [6.45, 7) is 4.04. The molecule has 6 nitrogen and oxygen atoms in total. The molecule has 0 saturated heterocycles. The minimum absolute atomic E-state index is 0.0191. The van der Waals surface area contributed by atoms with Crippen LogP contribution in [0.2, 0.25) is 0 Å². The molecule has 1 N–H and O–H groups in total. The van der Waals surface area contributed by atoms with E-state index in [2.05, 4.69) is 38.4 Å². The van der Waals surface area contributed by atoms with Crippen molar-refractivity contribution in [2.75, 3.05) is 32.0 Å². The summed E-state index contributed by atoms with van der Waals surface area (Å²) in [6.07, 6.45) is 9.27. The molecule has 1 aliphatic rings. The molecule has 0 saturated carbocycles. The van der Waals surface area contributed by atoms with E-state index in [9.17, 15) is 4.79 Å². The fourth-order valence-electron chi connectivity index (χ4n) is 3.65. The molecular weight excluding hydrogens is 420 g/mol.